The van der Waals surface area contributed by atoms with Gasteiger partial charge in [-0.15, -0.1) is 0 Å². The van der Waals surface area contributed by atoms with Crippen LogP contribution in [0.4, 0.5) is 0 Å². The van der Waals surface area contributed by atoms with Crippen molar-refractivity contribution in [2.24, 2.45) is 11.5 Å². The number of rotatable bonds is 14. The van der Waals surface area contributed by atoms with E-state index in [0.717, 1.165) is 0 Å². The molecule has 178 valence electrons. The molecule has 4 unspecified atom stereocenters. The molecule has 4 amide bonds. The van der Waals surface area contributed by atoms with Gasteiger partial charge in [0.25, 0.3) is 0 Å². The largest absolute Gasteiger partial charge is 0.480 e. The summed E-state index contributed by atoms with van der Waals surface area (Å²) < 4.78 is 0. The van der Waals surface area contributed by atoms with Gasteiger partial charge < -0.3 is 47.7 Å². The van der Waals surface area contributed by atoms with Crippen LogP contribution in [0.25, 0.3) is 0 Å². The summed E-state index contributed by atoms with van der Waals surface area (Å²) >= 11 is 0. The number of hydrogen-bond acceptors (Lipinski definition) is 9. The summed E-state index contributed by atoms with van der Waals surface area (Å²) in [6.45, 7) is -1.80. The quantitative estimate of drug-likeness (QED) is 0.128. The number of imidazole rings is 1. The van der Waals surface area contributed by atoms with Crippen molar-refractivity contribution >= 4 is 29.6 Å². The molecule has 11 N–H and O–H groups in total. The van der Waals surface area contributed by atoms with Gasteiger partial charge in [-0.05, 0) is 6.42 Å². The van der Waals surface area contributed by atoms with Gasteiger partial charge in [0.1, 0.15) is 18.1 Å². The summed E-state index contributed by atoms with van der Waals surface area (Å²) in [4.78, 5) is 65.6. The Labute approximate surface area is 181 Å². The molecule has 0 radical (unpaired) electrons. The maximum absolute atomic E-state index is 12.7. The predicted molar refractivity (Wildman–Crippen MR) is 106 cm³/mol. The number of aromatic amines is 1. The molecule has 15 nitrogen and oxygen atoms in total. The van der Waals surface area contributed by atoms with E-state index in [-0.39, 0.29) is 19.3 Å². The number of carbonyl (C=O) groups is 5. The molecule has 0 saturated heterocycles. The van der Waals surface area contributed by atoms with Crippen LogP contribution >= 0.6 is 0 Å². The number of primary amides is 1. The van der Waals surface area contributed by atoms with Crippen molar-refractivity contribution in [1.29, 1.82) is 0 Å². The first kappa shape index (κ1) is 26.5. The summed E-state index contributed by atoms with van der Waals surface area (Å²) in [6, 6.07) is -5.62. The van der Waals surface area contributed by atoms with Crippen LogP contribution in [-0.2, 0) is 30.4 Å². The zero-order chi connectivity index (χ0) is 24.3. The molecule has 1 aromatic rings. The van der Waals surface area contributed by atoms with Crippen LogP contribution in [-0.4, -0.2) is 92.3 Å². The van der Waals surface area contributed by atoms with Crippen molar-refractivity contribution in [2.75, 3.05) is 13.2 Å². The number of aliphatic hydroxyl groups is 2. The molecule has 0 saturated carbocycles. The number of nitrogens with zero attached hydrogens (tertiary/aromatic N) is 1. The SMILES string of the molecule is NC(=O)CCC(N)C(=O)NC(Cc1cnc[nH]1)C(=O)NC(CO)C(=O)NC(CO)C(=O)O. The Hall–Kier alpha value is -3.56. The number of carboxylic acids is 1. The Balaban J connectivity index is 2.89. The van der Waals surface area contributed by atoms with E-state index < -0.39 is 67.0 Å². The van der Waals surface area contributed by atoms with Crippen LogP contribution in [0.15, 0.2) is 12.5 Å². The van der Waals surface area contributed by atoms with Gasteiger partial charge in [0.05, 0.1) is 25.6 Å². The Morgan fingerprint density at radius 1 is 0.969 bits per heavy atom. The minimum atomic E-state index is -1.64. The van der Waals surface area contributed by atoms with Crippen LogP contribution in [0.5, 0.6) is 0 Å². The smallest absolute Gasteiger partial charge is 0.328 e. The average Bonchev–Trinajstić information content (AvgIpc) is 3.25. The number of hydrogen-bond donors (Lipinski definition) is 9. The molecule has 0 fully saturated rings. The molecule has 1 aromatic heterocycles. The van der Waals surface area contributed by atoms with Crippen molar-refractivity contribution < 1.29 is 39.3 Å². The highest BCUT2D eigenvalue weighted by Crippen LogP contribution is 2.02. The Kier molecular flexibility index (Phi) is 10.7. The van der Waals surface area contributed by atoms with E-state index in [1.165, 1.54) is 12.5 Å². The van der Waals surface area contributed by atoms with Gasteiger partial charge in [0.2, 0.25) is 23.6 Å². The van der Waals surface area contributed by atoms with Crippen LogP contribution in [0.1, 0.15) is 18.5 Å². The molecule has 1 heterocycles. The van der Waals surface area contributed by atoms with Gasteiger partial charge in [-0.2, -0.15) is 0 Å². The minimum Gasteiger partial charge on any atom is -0.480 e. The Morgan fingerprint density at radius 2 is 1.53 bits per heavy atom. The van der Waals surface area contributed by atoms with Gasteiger partial charge in [-0.25, -0.2) is 9.78 Å². The lowest BCUT2D eigenvalue weighted by Crippen LogP contribution is -2.59. The van der Waals surface area contributed by atoms with E-state index >= 15 is 0 Å². The van der Waals surface area contributed by atoms with Gasteiger partial charge >= 0.3 is 5.97 Å². The van der Waals surface area contributed by atoms with Gasteiger partial charge in [0, 0.05) is 24.7 Å². The molecule has 0 aromatic carbocycles. The average molecular weight is 457 g/mol. The third kappa shape index (κ3) is 8.66. The van der Waals surface area contributed by atoms with Gasteiger partial charge in [-0.1, -0.05) is 0 Å². The highest BCUT2D eigenvalue weighted by Gasteiger charge is 2.30. The molecule has 0 aliphatic rings. The number of aromatic nitrogens is 2. The van der Waals surface area contributed by atoms with Crippen LogP contribution in [0.2, 0.25) is 0 Å². The standard InChI is InChI=1S/C17H27N7O8/c18-9(1-2-13(19)27)14(28)22-10(3-8-4-20-7-21-8)15(29)23-11(5-25)16(30)24-12(6-26)17(31)32/h4,7,9-12,25-26H,1-3,5-6,18H2,(H2,19,27)(H,20,21)(H,22,28)(H,23,29)(H,24,30)(H,31,32). The number of carboxylic acid groups (broad SMARTS) is 1. The van der Waals surface area contributed by atoms with Crippen molar-refractivity contribution in [3.63, 3.8) is 0 Å². The summed E-state index contributed by atoms with van der Waals surface area (Å²) in [7, 11) is 0. The Bertz CT molecular complexity index is 801. The van der Waals surface area contributed by atoms with E-state index in [1.54, 1.807) is 0 Å². The second kappa shape index (κ2) is 13.0. The minimum absolute atomic E-state index is 0.0566. The van der Waals surface area contributed by atoms with Crippen molar-refractivity contribution in [2.45, 2.75) is 43.4 Å². The van der Waals surface area contributed by atoms with Crippen LogP contribution in [0.3, 0.4) is 0 Å². The van der Waals surface area contributed by atoms with Crippen LogP contribution in [0, 0.1) is 0 Å². The van der Waals surface area contributed by atoms with E-state index in [4.69, 9.17) is 21.7 Å². The zero-order valence-electron chi connectivity index (χ0n) is 17.0. The monoisotopic (exact) mass is 457 g/mol. The number of aliphatic carboxylic acids is 1. The first-order valence-corrected chi connectivity index (χ1v) is 9.45. The molecule has 0 bridgehead atoms. The second-order valence-electron chi connectivity index (χ2n) is 6.78. The number of aliphatic hydroxyl groups excluding tert-OH is 2. The number of H-pyrrole nitrogens is 1. The fraction of sp³-hybridized carbons (Fsp3) is 0.529. The normalized spacial score (nSPS) is 14.5. The molecule has 0 spiro atoms. The van der Waals surface area contributed by atoms with Gasteiger partial charge in [-0.3, -0.25) is 19.2 Å². The fourth-order valence-electron chi connectivity index (χ4n) is 2.46. The lowest BCUT2D eigenvalue weighted by atomic mass is 10.1. The summed E-state index contributed by atoms with van der Waals surface area (Å²) in [5.74, 6) is -4.88. The molecule has 0 aliphatic carbocycles. The third-order valence-corrected chi connectivity index (χ3v) is 4.26. The molecule has 15 heteroatoms. The maximum Gasteiger partial charge on any atom is 0.328 e. The molecule has 0 aliphatic heterocycles. The van der Waals surface area contributed by atoms with E-state index in [9.17, 15) is 29.1 Å². The first-order chi connectivity index (χ1) is 15.1. The molecule has 1 rings (SSSR count). The van der Waals surface area contributed by atoms with Gasteiger partial charge in [0.15, 0.2) is 0 Å². The van der Waals surface area contributed by atoms with Crippen molar-refractivity contribution in [3.8, 4) is 0 Å². The lowest BCUT2D eigenvalue weighted by Gasteiger charge is -2.23. The van der Waals surface area contributed by atoms with Crippen LogP contribution < -0.4 is 27.4 Å². The first-order valence-electron chi connectivity index (χ1n) is 9.45. The predicted octanol–water partition coefficient (Wildman–Crippen LogP) is -4.93. The van der Waals surface area contributed by atoms with E-state index in [1.807, 2.05) is 5.32 Å². The molecule has 4 atom stereocenters. The summed E-state index contributed by atoms with van der Waals surface area (Å²) in [6.07, 6.45) is 2.45. The van der Waals surface area contributed by atoms with Crippen molar-refractivity contribution in [3.05, 3.63) is 18.2 Å². The number of nitrogens with one attached hydrogen (secondary N) is 4. The van der Waals surface area contributed by atoms with E-state index in [0.29, 0.717) is 5.69 Å². The molecular formula is C17H27N7O8. The zero-order valence-corrected chi connectivity index (χ0v) is 17.0. The third-order valence-electron chi connectivity index (χ3n) is 4.26. The molecular weight excluding hydrogens is 430 g/mol. The highest BCUT2D eigenvalue weighted by molar-refractivity contribution is 5.94. The summed E-state index contributed by atoms with van der Waals surface area (Å²) in [5, 5.41) is 33.9. The maximum atomic E-state index is 12.7. The topological polar surface area (TPSA) is 263 Å². The summed E-state index contributed by atoms with van der Waals surface area (Å²) in [5.41, 5.74) is 11.2. The van der Waals surface area contributed by atoms with E-state index in [2.05, 4.69) is 20.6 Å². The van der Waals surface area contributed by atoms with Crippen molar-refractivity contribution in [1.82, 2.24) is 25.9 Å². The number of carbonyl (C=O) groups excluding carboxylic acids is 4. The molecule has 32 heavy (non-hydrogen) atoms. The highest BCUT2D eigenvalue weighted by atomic mass is 16.4. The lowest BCUT2D eigenvalue weighted by molar-refractivity contribution is -0.143. The Morgan fingerprint density at radius 3 is 2.03 bits per heavy atom. The fourth-order valence-corrected chi connectivity index (χ4v) is 2.46. The number of nitrogens with two attached hydrogens (primary N) is 2. The number of amides is 4. The second-order valence-corrected chi connectivity index (χ2v) is 6.78.